The molecule has 0 aliphatic carbocycles. The zero-order valence-corrected chi connectivity index (χ0v) is 11.3. The summed E-state index contributed by atoms with van der Waals surface area (Å²) in [6.07, 6.45) is 0. The Bertz CT molecular complexity index is 387. The number of carbonyl (C=O) groups excluding carboxylic acids is 1. The topological polar surface area (TPSA) is 55.1 Å². The Morgan fingerprint density at radius 1 is 1.35 bits per heavy atom. The molecule has 3 N–H and O–H groups in total. The van der Waals surface area contributed by atoms with Gasteiger partial charge in [-0.3, -0.25) is 4.79 Å². The van der Waals surface area contributed by atoms with Crippen LogP contribution < -0.4 is 11.1 Å². The third-order valence-electron chi connectivity index (χ3n) is 2.49. The Morgan fingerprint density at radius 3 is 2.35 bits per heavy atom. The summed E-state index contributed by atoms with van der Waals surface area (Å²) in [5.74, 6) is -0.140. The smallest absolute Gasteiger partial charge is 0.236 e. The molecule has 1 aromatic rings. The van der Waals surface area contributed by atoms with Crippen LogP contribution in [0.2, 0.25) is 10.0 Å². The first-order chi connectivity index (χ1) is 7.93. The molecular formula is C12H16Cl2N2O. The van der Waals surface area contributed by atoms with Crippen molar-refractivity contribution in [2.24, 2.45) is 5.73 Å². The Hall–Kier alpha value is -0.770. The molecule has 0 aromatic heterocycles. The van der Waals surface area contributed by atoms with Crippen LogP contribution in [-0.2, 0) is 4.79 Å². The summed E-state index contributed by atoms with van der Waals surface area (Å²) in [5, 5.41) is 3.98. The average Bonchev–Trinajstić information content (AvgIpc) is 2.25. The quantitative estimate of drug-likeness (QED) is 0.887. The molecule has 0 bridgehead atoms. The number of rotatable bonds is 4. The van der Waals surface area contributed by atoms with E-state index >= 15 is 0 Å². The number of carbonyl (C=O) groups is 1. The van der Waals surface area contributed by atoms with Crippen molar-refractivity contribution in [3.63, 3.8) is 0 Å². The van der Waals surface area contributed by atoms with Gasteiger partial charge >= 0.3 is 0 Å². The van der Waals surface area contributed by atoms with E-state index in [-0.39, 0.29) is 11.8 Å². The zero-order valence-electron chi connectivity index (χ0n) is 9.84. The van der Waals surface area contributed by atoms with E-state index in [9.17, 15) is 4.79 Å². The summed E-state index contributed by atoms with van der Waals surface area (Å²) in [7, 11) is 0. The molecule has 0 radical (unpaired) electrons. The van der Waals surface area contributed by atoms with E-state index in [1.807, 2.05) is 6.92 Å². The highest BCUT2D eigenvalue weighted by atomic mass is 35.5. The van der Waals surface area contributed by atoms with Crippen LogP contribution in [0.5, 0.6) is 0 Å². The summed E-state index contributed by atoms with van der Waals surface area (Å²) >= 11 is 12.2. The van der Waals surface area contributed by atoms with Gasteiger partial charge in [-0.05, 0) is 24.6 Å². The van der Waals surface area contributed by atoms with E-state index < -0.39 is 6.04 Å². The van der Waals surface area contributed by atoms with Gasteiger partial charge in [0.05, 0.1) is 6.04 Å². The first-order valence-corrected chi connectivity index (χ1v) is 6.16. The van der Waals surface area contributed by atoms with Gasteiger partial charge in [0.1, 0.15) is 0 Å². The Kier molecular flexibility index (Phi) is 5.25. The molecule has 3 nitrogen and oxygen atoms in total. The summed E-state index contributed by atoms with van der Waals surface area (Å²) in [6.45, 7) is 4.06. The molecule has 2 atom stereocenters. The molecule has 1 rings (SSSR count). The van der Waals surface area contributed by atoms with Crippen LogP contribution in [0.15, 0.2) is 18.2 Å². The molecular weight excluding hydrogens is 259 g/mol. The lowest BCUT2D eigenvalue weighted by molar-refractivity contribution is -0.122. The molecule has 17 heavy (non-hydrogen) atoms. The van der Waals surface area contributed by atoms with Gasteiger partial charge in [0.25, 0.3) is 0 Å². The van der Waals surface area contributed by atoms with E-state index in [2.05, 4.69) is 5.32 Å². The molecule has 1 unspecified atom stereocenters. The SMILES string of the molecule is CC(CNC(=O)[C@@H](C)N)c1c(Cl)cccc1Cl. The minimum Gasteiger partial charge on any atom is -0.354 e. The van der Waals surface area contributed by atoms with Crippen LogP contribution in [0.1, 0.15) is 25.3 Å². The number of hydrogen-bond donors (Lipinski definition) is 2. The average molecular weight is 275 g/mol. The first kappa shape index (κ1) is 14.3. The lowest BCUT2D eigenvalue weighted by atomic mass is 10.0. The predicted octanol–water partition coefficient (Wildman–Crippen LogP) is 2.56. The van der Waals surface area contributed by atoms with Crippen LogP contribution in [0.25, 0.3) is 0 Å². The van der Waals surface area contributed by atoms with E-state index in [1.54, 1.807) is 25.1 Å². The number of halogens is 2. The molecule has 0 fully saturated rings. The largest absolute Gasteiger partial charge is 0.354 e. The number of hydrogen-bond acceptors (Lipinski definition) is 2. The second-order valence-electron chi connectivity index (χ2n) is 4.07. The summed E-state index contributed by atoms with van der Waals surface area (Å²) in [6, 6.07) is 4.85. The number of nitrogens with two attached hydrogens (primary N) is 1. The standard InChI is InChI=1S/C12H16Cl2N2O/c1-7(6-16-12(17)8(2)15)11-9(13)4-3-5-10(11)14/h3-5,7-8H,6,15H2,1-2H3,(H,16,17)/t7?,8-/m1/s1. The van der Waals surface area contributed by atoms with Gasteiger partial charge in [0.2, 0.25) is 5.91 Å². The molecule has 1 amide bonds. The maximum atomic E-state index is 11.3. The van der Waals surface area contributed by atoms with E-state index in [0.29, 0.717) is 16.6 Å². The summed E-state index contributed by atoms with van der Waals surface area (Å²) in [5.41, 5.74) is 6.30. The molecule has 1 aromatic carbocycles. The molecule has 0 spiro atoms. The van der Waals surface area contributed by atoms with Crippen LogP contribution in [0, 0.1) is 0 Å². The van der Waals surface area contributed by atoms with Crippen molar-refractivity contribution in [2.45, 2.75) is 25.8 Å². The molecule has 94 valence electrons. The van der Waals surface area contributed by atoms with Crippen LogP contribution in [0.3, 0.4) is 0 Å². The monoisotopic (exact) mass is 274 g/mol. The lowest BCUT2D eigenvalue weighted by Gasteiger charge is -2.16. The minimum atomic E-state index is -0.510. The van der Waals surface area contributed by atoms with Gasteiger partial charge in [-0.2, -0.15) is 0 Å². The molecule has 0 heterocycles. The van der Waals surface area contributed by atoms with E-state index in [1.165, 1.54) is 0 Å². The van der Waals surface area contributed by atoms with Gasteiger partial charge in [0, 0.05) is 22.5 Å². The minimum absolute atomic E-state index is 0.0406. The summed E-state index contributed by atoms with van der Waals surface area (Å²) < 4.78 is 0. The second kappa shape index (κ2) is 6.24. The number of benzene rings is 1. The molecule has 0 saturated heterocycles. The predicted molar refractivity (Wildman–Crippen MR) is 71.5 cm³/mol. The second-order valence-corrected chi connectivity index (χ2v) is 4.88. The fraction of sp³-hybridized carbons (Fsp3) is 0.417. The van der Waals surface area contributed by atoms with E-state index in [0.717, 1.165) is 5.56 Å². The van der Waals surface area contributed by atoms with Gasteiger partial charge < -0.3 is 11.1 Å². The van der Waals surface area contributed by atoms with Crippen molar-refractivity contribution < 1.29 is 4.79 Å². The Morgan fingerprint density at radius 2 is 1.88 bits per heavy atom. The van der Waals surface area contributed by atoms with Crippen LogP contribution >= 0.6 is 23.2 Å². The molecule has 5 heteroatoms. The van der Waals surface area contributed by atoms with Crippen molar-refractivity contribution in [1.29, 1.82) is 0 Å². The highest BCUT2D eigenvalue weighted by molar-refractivity contribution is 6.36. The van der Waals surface area contributed by atoms with Gasteiger partial charge in [-0.1, -0.05) is 36.2 Å². The maximum absolute atomic E-state index is 11.3. The number of nitrogens with one attached hydrogen (secondary N) is 1. The van der Waals surface area contributed by atoms with Crippen molar-refractivity contribution in [2.75, 3.05) is 6.54 Å². The third-order valence-corrected chi connectivity index (χ3v) is 3.15. The van der Waals surface area contributed by atoms with Gasteiger partial charge in [0.15, 0.2) is 0 Å². The zero-order chi connectivity index (χ0) is 13.0. The Labute approximate surface area is 111 Å². The summed E-state index contributed by atoms with van der Waals surface area (Å²) in [4.78, 5) is 11.3. The lowest BCUT2D eigenvalue weighted by Crippen LogP contribution is -2.39. The maximum Gasteiger partial charge on any atom is 0.236 e. The van der Waals surface area contributed by atoms with Crippen molar-refractivity contribution in [3.8, 4) is 0 Å². The van der Waals surface area contributed by atoms with Crippen molar-refractivity contribution in [3.05, 3.63) is 33.8 Å². The molecule has 0 aliphatic heterocycles. The highest BCUT2D eigenvalue weighted by Crippen LogP contribution is 2.30. The Balaban J connectivity index is 2.70. The number of amides is 1. The molecule has 0 saturated carbocycles. The fourth-order valence-electron chi connectivity index (χ4n) is 1.50. The first-order valence-electron chi connectivity index (χ1n) is 5.40. The fourth-order valence-corrected chi connectivity index (χ4v) is 2.27. The normalized spacial score (nSPS) is 14.2. The highest BCUT2D eigenvalue weighted by Gasteiger charge is 2.15. The van der Waals surface area contributed by atoms with E-state index in [4.69, 9.17) is 28.9 Å². The van der Waals surface area contributed by atoms with Crippen molar-refractivity contribution in [1.82, 2.24) is 5.32 Å². The van der Waals surface area contributed by atoms with Crippen molar-refractivity contribution >= 4 is 29.1 Å². The van der Waals surface area contributed by atoms with Gasteiger partial charge in [-0.25, -0.2) is 0 Å². The molecule has 0 aliphatic rings. The van der Waals surface area contributed by atoms with Crippen LogP contribution in [0.4, 0.5) is 0 Å². The van der Waals surface area contributed by atoms with Crippen LogP contribution in [-0.4, -0.2) is 18.5 Å². The third kappa shape index (κ3) is 3.87. The van der Waals surface area contributed by atoms with Gasteiger partial charge in [-0.15, -0.1) is 0 Å².